The third kappa shape index (κ3) is 3.49. The fourth-order valence-electron chi connectivity index (χ4n) is 2.98. The number of fused-ring (bicyclic) bond motifs is 1. The van der Waals surface area contributed by atoms with Crippen molar-refractivity contribution < 1.29 is 23.1 Å². The number of hydrogen-bond acceptors (Lipinski definition) is 5. The second kappa shape index (κ2) is 6.10. The van der Waals surface area contributed by atoms with Gasteiger partial charge in [-0.05, 0) is 44.2 Å². The number of carbonyl (C=O) groups excluding carboxylic acids is 1. The van der Waals surface area contributed by atoms with E-state index in [9.17, 15) is 18.3 Å². The predicted molar refractivity (Wildman–Crippen MR) is 83.9 cm³/mol. The maximum atomic E-state index is 12.6. The van der Waals surface area contributed by atoms with Crippen LogP contribution in [0.25, 0.3) is 0 Å². The fourth-order valence-corrected chi connectivity index (χ4v) is 4.53. The average molecular weight is 340 g/mol. The number of anilines is 1. The first-order valence-corrected chi connectivity index (χ1v) is 9.11. The van der Waals surface area contributed by atoms with Gasteiger partial charge in [0.1, 0.15) is 5.75 Å². The van der Waals surface area contributed by atoms with Gasteiger partial charge in [0, 0.05) is 12.1 Å². The Kier molecular flexibility index (Phi) is 4.31. The van der Waals surface area contributed by atoms with Crippen molar-refractivity contribution in [3.63, 3.8) is 0 Å². The number of nitrogens with one attached hydrogen (secondary N) is 2. The Morgan fingerprint density at radius 1 is 1.26 bits per heavy atom. The molecule has 3 rings (SSSR count). The van der Waals surface area contributed by atoms with E-state index >= 15 is 0 Å². The van der Waals surface area contributed by atoms with Crippen LogP contribution in [0.4, 0.5) is 5.69 Å². The molecule has 126 valence electrons. The van der Waals surface area contributed by atoms with Gasteiger partial charge >= 0.3 is 0 Å². The Morgan fingerprint density at radius 2 is 1.96 bits per heavy atom. The van der Waals surface area contributed by atoms with E-state index in [1.165, 1.54) is 6.07 Å². The number of sulfonamides is 1. The van der Waals surface area contributed by atoms with Crippen molar-refractivity contribution in [1.82, 2.24) is 4.72 Å². The normalized spacial score (nSPS) is 24.5. The highest BCUT2D eigenvalue weighted by molar-refractivity contribution is 7.89. The number of aliphatic hydroxyl groups is 1. The van der Waals surface area contributed by atoms with Crippen molar-refractivity contribution in [1.29, 1.82) is 0 Å². The van der Waals surface area contributed by atoms with Crippen molar-refractivity contribution in [2.45, 2.75) is 49.6 Å². The molecular formula is C15H20N2O5S. The van der Waals surface area contributed by atoms with Crippen LogP contribution in [-0.2, 0) is 14.8 Å². The van der Waals surface area contributed by atoms with Crippen molar-refractivity contribution in [2.75, 3.05) is 11.9 Å². The van der Waals surface area contributed by atoms with E-state index in [4.69, 9.17) is 4.74 Å². The number of amides is 1. The van der Waals surface area contributed by atoms with Gasteiger partial charge in [-0.2, -0.15) is 0 Å². The van der Waals surface area contributed by atoms with Crippen molar-refractivity contribution in [2.24, 2.45) is 0 Å². The van der Waals surface area contributed by atoms with Gasteiger partial charge in [-0.3, -0.25) is 4.79 Å². The Bertz CT molecular complexity index is 724. The maximum Gasteiger partial charge on any atom is 0.262 e. The maximum absolute atomic E-state index is 12.6. The zero-order chi connectivity index (χ0) is 16.6. The van der Waals surface area contributed by atoms with E-state index in [1.54, 1.807) is 13.0 Å². The van der Waals surface area contributed by atoms with Crippen molar-refractivity contribution in [3.05, 3.63) is 17.7 Å². The van der Waals surface area contributed by atoms with Crippen LogP contribution in [0.3, 0.4) is 0 Å². The summed E-state index contributed by atoms with van der Waals surface area (Å²) in [5, 5.41) is 12.2. The molecule has 1 aliphatic carbocycles. The Balaban J connectivity index is 1.84. The molecule has 23 heavy (non-hydrogen) atoms. The van der Waals surface area contributed by atoms with Gasteiger partial charge < -0.3 is 15.2 Å². The smallest absolute Gasteiger partial charge is 0.262 e. The Labute approximate surface area is 135 Å². The summed E-state index contributed by atoms with van der Waals surface area (Å²) in [6, 6.07) is 2.88. The molecule has 1 fully saturated rings. The Hall–Kier alpha value is -1.64. The number of rotatable bonds is 3. The minimum atomic E-state index is -3.68. The number of aliphatic hydroxyl groups excluding tert-OH is 1. The number of ether oxygens (including phenoxy) is 1. The van der Waals surface area contributed by atoms with Gasteiger partial charge in [0.05, 0.1) is 16.7 Å². The predicted octanol–water partition coefficient (Wildman–Crippen LogP) is 0.908. The third-order valence-corrected chi connectivity index (χ3v) is 5.88. The first-order valence-electron chi connectivity index (χ1n) is 7.63. The quantitative estimate of drug-likeness (QED) is 0.758. The summed E-state index contributed by atoms with van der Waals surface area (Å²) in [4.78, 5) is 11.5. The molecule has 8 heteroatoms. The monoisotopic (exact) mass is 340 g/mol. The number of benzene rings is 1. The summed E-state index contributed by atoms with van der Waals surface area (Å²) in [5.74, 6) is 0.0982. The molecule has 1 aliphatic heterocycles. The van der Waals surface area contributed by atoms with E-state index in [2.05, 4.69) is 10.0 Å². The first-order chi connectivity index (χ1) is 10.8. The molecule has 0 atom stereocenters. The van der Waals surface area contributed by atoms with E-state index < -0.39 is 10.0 Å². The van der Waals surface area contributed by atoms with Gasteiger partial charge in [-0.1, -0.05) is 0 Å². The lowest BCUT2D eigenvalue weighted by molar-refractivity contribution is -0.118. The SMILES string of the molecule is Cc1cc2c(cc1S(=O)(=O)NC1CCC(O)CC1)OCC(=O)N2. The van der Waals surface area contributed by atoms with Crippen LogP contribution in [0.1, 0.15) is 31.2 Å². The fraction of sp³-hybridized carbons (Fsp3) is 0.533. The molecule has 0 bridgehead atoms. The molecule has 1 aromatic carbocycles. The van der Waals surface area contributed by atoms with Gasteiger partial charge in [0.25, 0.3) is 5.91 Å². The standard InChI is InChI=1S/C15H20N2O5S/c1-9-6-12-13(22-8-15(19)16-12)7-14(9)23(20,21)17-10-2-4-11(18)5-3-10/h6-7,10-11,17-18H,2-5,8H2,1H3,(H,16,19). The highest BCUT2D eigenvalue weighted by Gasteiger charge is 2.27. The summed E-state index contributed by atoms with van der Waals surface area (Å²) in [6.07, 6.45) is 2.11. The molecular weight excluding hydrogens is 320 g/mol. The van der Waals surface area contributed by atoms with Crippen LogP contribution in [0.2, 0.25) is 0 Å². The molecule has 1 saturated carbocycles. The van der Waals surface area contributed by atoms with Crippen LogP contribution in [0.5, 0.6) is 5.75 Å². The number of carbonyl (C=O) groups is 1. The van der Waals surface area contributed by atoms with E-state index in [0.717, 1.165) is 0 Å². The molecule has 0 unspecified atom stereocenters. The molecule has 0 saturated heterocycles. The van der Waals surface area contributed by atoms with E-state index in [-0.39, 0.29) is 29.6 Å². The topological polar surface area (TPSA) is 105 Å². The molecule has 3 N–H and O–H groups in total. The lowest BCUT2D eigenvalue weighted by atomic mass is 9.94. The van der Waals surface area contributed by atoms with E-state index in [0.29, 0.717) is 42.7 Å². The molecule has 0 radical (unpaired) electrons. The molecule has 1 aromatic rings. The molecule has 0 aromatic heterocycles. The third-order valence-electron chi connectivity index (χ3n) is 4.22. The zero-order valence-corrected chi connectivity index (χ0v) is 13.6. The lowest BCUT2D eigenvalue weighted by Gasteiger charge is -2.26. The highest BCUT2D eigenvalue weighted by Crippen LogP contribution is 2.33. The van der Waals surface area contributed by atoms with E-state index in [1.807, 2.05) is 0 Å². The van der Waals surface area contributed by atoms with Crippen LogP contribution in [0, 0.1) is 6.92 Å². The lowest BCUT2D eigenvalue weighted by Crippen LogP contribution is -2.38. The Morgan fingerprint density at radius 3 is 2.65 bits per heavy atom. The zero-order valence-electron chi connectivity index (χ0n) is 12.8. The molecule has 0 spiro atoms. The minimum absolute atomic E-state index is 0.122. The van der Waals surface area contributed by atoms with Crippen LogP contribution in [0.15, 0.2) is 17.0 Å². The van der Waals surface area contributed by atoms with Crippen LogP contribution in [-0.4, -0.2) is 38.2 Å². The molecule has 2 aliphatic rings. The minimum Gasteiger partial charge on any atom is -0.482 e. The molecule has 1 amide bonds. The average Bonchev–Trinajstić information content (AvgIpc) is 2.48. The summed E-state index contributed by atoms with van der Waals surface area (Å²) < 4.78 is 33.3. The summed E-state index contributed by atoms with van der Waals surface area (Å²) in [6.45, 7) is 1.56. The first kappa shape index (κ1) is 16.2. The van der Waals surface area contributed by atoms with Crippen molar-refractivity contribution >= 4 is 21.6 Å². The summed E-state index contributed by atoms with van der Waals surface area (Å²) >= 11 is 0. The van der Waals surface area contributed by atoms with Gasteiger partial charge in [0.2, 0.25) is 10.0 Å². The van der Waals surface area contributed by atoms with Gasteiger partial charge in [-0.25, -0.2) is 13.1 Å². The summed E-state index contributed by atoms with van der Waals surface area (Å²) in [7, 11) is -3.68. The molecule has 7 nitrogen and oxygen atoms in total. The molecule has 1 heterocycles. The van der Waals surface area contributed by atoms with Gasteiger partial charge in [-0.15, -0.1) is 0 Å². The largest absolute Gasteiger partial charge is 0.482 e. The number of aryl methyl sites for hydroxylation is 1. The van der Waals surface area contributed by atoms with Crippen molar-refractivity contribution in [3.8, 4) is 5.75 Å². The van der Waals surface area contributed by atoms with Crippen LogP contribution < -0.4 is 14.8 Å². The van der Waals surface area contributed by atoms with Gasteiger partial charge in [0.15, 0.2) is 6.61 Å². The van der Waals surface area contributed by atoms with Crippen LogP contribution >= 0.6 is 0 Å². The highest BCUT2D eigenvalue weighted by atomic mass is 32.2. The summed E-state index contributed by atoms with van der Waals surface area (Å²) in [5.41, 5.74) is 1.02. The second-order valence-electron chi connectivity index (χ2n) is 6.08. The number of hydrogen-bond donors (Lipinski definition) is 3. The second-order valence-corrected chi connectivity index (χ2v) is 7.76.